The van der Waals surface area contributed by atoms with E-state index in [1.165, 1.54) is 32.4 Å². The van der Waals surface area contributed by atoms with Crippen LogP contribution in [0.25, 0.3) is 0 Å². The predicted octanol–water partition coefficient (Wildman–Crippen LogP) is 1.89. The van der Waals surface area contributed by atoms with Crippen molar-refractivity contribution < 1.29 is 9.84 Å². The Kier molecular flexibility index (Phi) is 7.00. The molecule has 2 atom stereocenters. The summed E-state index contributed by atoms with van der Waals surface area (Å²) >= 11 is 0. The van der Waals surface area contributed by atoms with Gasteiger partial charge < -0.3 is 20.1 Å². The van der Waals surface area contributed by atoms with Gasteiger partial charge in [-0.2, -0.15) is 0 Å². The van der Waals surface area contributed by atoms with E-state index in [0.29, 0.717) is 19.2 Å². The van der Waals surface area contributed by atoms with E-state index < -0.39 is 6.10 Å². The molecule has 0 aromatic heterocycles. The topological polar surface area (TPSA) is 44.7 Å². The van der Waals surface area contributed by atoms with Crippen molar-refractivity contribution >= 4 is 0 Å². The summed E-state index contributed by atoms with van der Waals surface area (Å²) in [6, 6.07) is 10.0. The lowest BCUT2D eigenvalue weighted by molar-refractivity contribution is 0.101. The lowest BCUT2D eigenvalue weighted by Crippen LogP contribution is -2.44. The third-order valence-corrected chi connectivity index (χ3v) is 3.87. The average molecular weight is 292 g/mol. The van der Waals surface area contributed by atoms with Crippen LogP contribution in [0.4, 0.5) is 0 Å². The molecule has 4 nitrogen and oxygen atoms in total. The fraction of sp³-hybridized carbons (Fsp3) is 0.647. The zero-order valence-corrected chi connectivity index (χ0v) is 13.0. The van der Waals surface area contributed by atoms with Crippen molar-refractivity contribution in [2.24, 2.45) is 0 Å². The maximum atomic E-state index is 9.96. The summed E-state index contributed by atoms with van der Waals surface area (Å²) in [5.41, 5.74) is 0. The number of nitrogens with one attached hydrogen (secondary N) is 1. The van der Waals surface area contributed by atoms with Crippen LogP contribution in [0.5, 0.6) is 5.75 Å². The second-order valence-corrected chi connectivity index (χ2v) is 5.95. The number of hydrogen-bond donors (Lipinski definition) is 2. The Morgan fingerprint density at radius 2 is 1.90 bits per heavy atom. The molecule has 2 rings (SSSR count). The van der Waals surface area contributed by atoms with Crippen molar-refractivity contribution in [3.05, 3.63) is 30.3 Å². The highest BCUT2D eigenvalue weighted by atomic mass is 16.5. The van der Waals surface area contributed by atoms with Crippen LogP contribution >= 0.6 is 0 Å². The van der Waals surface area contributed by atoms with Gasteiger partial charge in [-0.05, 0) is 45.0 Å². The monoisotopic (exact) mass is 292 g/mol. The molecule has 2 N–H and O–H groups in total. The molecule has 4 heteroatoms. The Bertz CT molecular complexity index is 380. The normalized spacial score (nSPS) is 19.1. The number of likely N-dealkylation sites (tertiary alicyclic amines) is 1. The van der Waals surface area contributed by atoms with Crippen molar-refractivity contribution in [1.82, 2.24) is 10.2 Å². The highest BCUT2D eigenvalue weighted by Gasteiger charge is 2.14. The molecule has 0 bridgehead atoms. The molecule has 1 fully saturated rings. The van der Waals surface area contributed by atoms with Gasteiger partial charge in [0.05, 0.1) is 0 Å². The van der Waals surface area contributed by atoms with Gasteiger partial charge in [-0.3, -0.25) is 0 Å². The zero-order valence-electron chi connectivity index (χ0n) is 13.0. The third-order valence-electron chi connectivity index (χ3n) is 3.87. The molecule has 0 saturated carbocycles. The smallest absolute Gasteiger partial charge is 0.119 e. The molecule has 1 aliphatic heterocycles. The van der Waals surface area contributed by atoms with Crippen molar-refractivity contribution in [1.29, 1.82) is 0 Å². The summed E-state index contributed by atoms with van der Waals surface area (Å²) in [6.45, 7) is 6.57. The number of aliphatic hydroxyl groups is 1. The minimum absolute atomic E-state index is 0.327. The summed E-state index contributed by atoms with van der Waals surface area (Å²) in [7, 11) is 0. The van der Waals surface area contributed by atoms with Crippen LogP contribution in [0.1, 0.15) is 26.2 Å². The van der Waals surface area contributed by atoms with Gasteiger partial charge in [-0.1, -0.05) is 24.6 Å². The molecule has 1 heterocycles. The highest BCUT2D eigenvalue weighted by Crippen LogP contribution is 2.09. The molecule has 0 spiro atoms. The average Bonchev–Trinajstić information content (AvgIpc) is 2.53. The Balaban J connectivity index is 1.58. The molecule has 0 amide bonds. The third kappa shape index (κ3) is 6.46. The first-order valence-electron chi connectivity index (χ1n) is 8.05. The maximum absolute atomic E-state index is 9.96. The van der Waals surface area contributed by atoms with Crippen molar-refractivity contribution in [3.63, 3.8) is 0 Å². The number of para-hydroxylation sites is 1. The van der Waals surface area contributed by atoms with Gasteiger partial charge in [0.25, 0.3) is 0 Å². The molecule has 118 valence electrons. The van der Waals surface area contributed by atoms with E-state index in [9.17, 15) is 5.11 Å². The second-order valence-electron chi connectivity index (χ2n) is 5.95. The van der Waals surface area contributed by atoms with Gasteiger partial charge >= 0.3 is 0 Å². The van der Waals surface area contributed by atoms with Gasteiger partial charge in [-0.25, -0.2) is 0 Å². The van der Waals surface area contributed by atoms with E-state index in [2.05, 4.69) is 17.1 Å². The summed E-state index contributed by atoms with van der Waals surface area (Å²) < 4.78 is 5.55. The fourth-order valence-corrected chi connectivity index (χ4v) is 2.70. The van der Waals surface area contributed by atoms with Gasteiger partial charge in [0.15, 0.2) is 0 Å². The number of piperidine rings is 1. The van der Waals surface area contributed by atoms with Crippen LogP contribution in [0, 0.1) is 0 Å². The Morgan fingerprint density at radius 1 is 1.19 bits per heavy atom. The molecular formula is C17H28N2O2. The van der Waals surface area contributed by atoms with E-state index in [1.54, 1.807) is 0 Å². The van der Waals surface area contributed by atoms with Gasteiger partial charge in [0.2, 0.25) is 0 Å². The maximum Gasteiger partial charge on any atom is 0.119 e. The van der Waals surface area contributed by atoms with E-state index in [0.717, 1.165) is 12.3 Å². The first-order chi connectivity index (χ1) is 10.2. The zero-order chi connectivity index (χ0) is 14.9. The van der Waals surface area contributed by atoms with Gasteiger partial charge in [-0.15, -0.1) is 0 Å². The number of benzene rings is 1. The summed E-state index contributed by atoms with van der Waals surface area (Å²) in [4.78, 5) is 2.51. The standard InChI is InChI=1S/C17H28N2O2/c1-15(13-19-10-6-3-7-11-19)18-12-16(20)14-21-17-8-4-2-5-9-17/h2,4-5,8-9,15-16,18,20H,3,6-7,10-14H2,1H3. The minimum atomic E-state index is -0.478. The predicted molar refractivity (Wildman–Crippen MR) is 85.7 cm³/mol. The minimum Gasteiger partial charge on any atom is -0.491 e. The first kappa shape index (κ1) is 16.3. The SMILES string of the molecule is CC(CN1CCCCC1)NCC(O)COc1ccccc1. The summed E-state index contributed by atoms with van der Waals surface area (Å²) in [6.07, 6.45) is 3.53. The van der Waals surface area contributed by atoms with E-state index in [4.69, 9.17) is 4.74 Å². The summed E-state index contributed by atoms with van der Waals surface area (Å²) in [5.74, 6) is 0.804. The van der Waals surface area contributed by atoms with Gasteiger partial charge in [0, 0.05) is 19.1 Å². The van der Waals surface area contributed by atoms with Crippen LogP contribution in [0.3, 0.4) is 0 Å². The quantitative estimate of drug-likeness (QED) is 0.768. The number of aliphatic hydroxyl groups excluding tert-OH is 1. The number of ether oxygens (including phenoxy) is 1. The van der Waals surface area contributed by atoms with E-state index >= 15 is 0 Å². The fourth-order valence-electron chi connectivity index (χ4n) is 2.70. The molecular weight excluding hydrogens is 264 g/mol. The molecule has 2 unspecified atom stereocenters. The van der Waals surface area contributed by atoms with Crippen LogP contribution in [0.15, 0.2) is 30.3 Å². The Labute approximate surface area is 128 Å². The van der Waals surface area contributed by atoms with E-state index in [1.807, 2.05) is 30.3 Å². The number of hydrogen-bond acceptors (Lipinski definition) is 4. The van der Waals surface area contributed by atoms with Crippen LogP contribution in [-0.2, 0) is 0 Å². The molecule has 0 aliphatic carbocycles. The molecule has 1 aromatic carbocycles. The molecule has 1 aromatic rings. The molecule has 21 heavy (non-hydrogen) atoms. The van der Waals surface area contributed by atoms with Gasteiger partial charge in [0.1, 0.15) is 18.5 Å². The van der Waals surface area contributed by atoms with Crippen molar-refractivity contribution in [2.45, 2.75) is 38.3 Å². The Hall–Kier alpha value is -1.10. The van der Waals surface area contributed by atoms with Crippen LogP contribution < -0.4 is 10.1 Å². The van der Waals surface area contributed by atoms with E-state index in [-0.39, 0.29) is 0 Å². The van der Waals surface area contributed by atoms with Crippen LogP contribution in [0.2, 0.25) is 0 Å². The highest BCUT2D eigenvalue weighted by molar-refractivity contribution is 5.20. The summed E-state index contributed by atoms with van der Waals surface area (Å²) in [5, 5.41) is 13.4. The van der Waals surface area contributed by atoms with Crippen molar-refractivity contribution in [2.75, 3.05) is 32.8 Å². The second kappa shape index (κ2) is 9.03. The van der Waals surface area contributed by atoms with Crippen molar-refractivity contribution in [3.8, 4) is 5.75 Å². The molecule has 0 radical (unpaired) electrons. The number of rotatable bonds is 8. The number of nitrogens with zero attached hydrogens (tertiary/aromatic N) is 1. The van der Waals surface area contributed by atoms with Crippen LogP contribution in [-0.4, -0.2) is 54.9 Å². The molecule has 1 aliphatic rings. The Morgan fingerprint density at radius 3 is 2.62 bits per heavy atom. The first-order valence-corrected chi connectivity index (χ1v) is 8.05. The largest absolute Gasteiger partial charge is 0.491 e. The lowest BCUT2D eigenvalue weighted by Gasteiger charge is -2.29. The lowest BCUT2D eigenvalue weighted by atomic mass is 10.1. The molecule has 1 saturated heterocycles.